The van der Waals surface area contributed by atoms with Gasteiger partial charge in [0, 0.05) is 25.0 Å². The van der Waals surface area contributed by atoms with Gasteiger partial charge >= 0.3 is 6.61 Å². The molecule has 3 rings (SSSR count). The number of hydrogen-bond acceptors (Lipinski definition) is 7. The molecule has 7 nitrogen and oxygen atoms in total. The third-order valence-electron chi connectivity index (χ3n) is 4.30. The molecule has 0 spiro atoms. The SMILES string of the molecule is CN(c1nc(-c2cnc(C(C)(C)O)nc2)ccc1N)c1c(OC(F)F)ccc(Br)c1F. The van der Waals surface area contributed by atoms with Crippen molar-refractivity contribution in [3.8, 4) is 17.0 Å². The van der Waals surface area contributed by atoms with E-state index >= 15 is 0 Å². The van der Waals surface area contributed by atoms with E-state index in [1.807, 2.05) is 0 Å². The molecule has 3 aromatic rings. The molecule has 3 N–H and O–H groups in total. The maximum absolute atomic E-state index is 14.8. The molecule has 0 amide bonds. The van der Waals surface area contributed by atoms with Gasteiger partial charge in [-0.05, 0) is 54.0 Å². The van der Waals surface area contributed by atoms with Crippen molar-refractivity contribution in [2.45, 2.75) is 26.1 Å². The summed E-state index contributed by atoms with van der Waals surface area (Å²) in [6, 6.07) is 5.64. The number of ether oxygens (including phenoxy) is 1. The number of nitrogens with zero attached hydrogens (tertiary/aromatic N) is 4. The van der Waals surface area contributed by atoms with Crippen LogP contribution in [0.5, 0.6) is 5.75 Å². The van der Waals surface area contributed by atoms with Crippen LogP contribution in [-0.4, -0.2) is 33.7 Å². The lowest BCUT2D eigenvalue weighted by Gasteiger charge is -2.24. The van der Waals surface area contributed by atoms with Gasteiger partial charge in [-0.2, -0.15) is 8.78 Å². The Labute approximate surface area is 184 Å². The summed E-state index contributed by atoms with van der Waals surface area (Å²) in [7, 11) is 1.43. The van der Waals surface area contributed by atoms with Crippen LogP contribution in [0.25, 0.3) is 11.3 Å². The Balaban J connectivity index is 2.06. The maximum Gasteiger partial charge on any atom is 0.387 e. The van der Waals surface area contributed by atoms with Gasteiger partial charge in [0.1, 0.15) is 11.3 Å². The first-order chi connectivity index (χ1) is 14.5. The first kappa shape index (κ1) is 22.8. The minimum atomic E-state index is -3.14. The number of halogens is 4. The zero-order valence-corrected chi connectivity index (χ0v) is 18.4. The number of anilines is 3. The van der Waals surface area contributed by atoms with Gasteiger partial charge < -0.3 is 20.5 Å². The quantitative estimate of drug-likeness (QED) is 0.512. The molecule has 0 radical (unpaired) electrons. The highest BCUT2D eigenvalue weighted by Gasteiger charge is 2.24. The number of pyridine rings is 1. The van der Waals surface area contributed by atoms with Crippen LogP contribution in [0.1, 0.15) is 19.7 Å². The summed E-state index contributed by atoms with van der Waals surface area (Å²) in [6.45, 7) is -0.0274. The molecule has 2 aromatic heterocycles. The van der Waals surface area contributed by atoms with Crippen molar-refractivity contribution in [2.24, 2.45) is 0 Å². The monoisotopic (exact) mass is 497 g/mol. The number of aliphatic hydroxyl groups is 1. The molecule has 0 bridgehead atoms. The molecule has 0 unspecified atom stereocenters. The normalized spacial score (nSPS) is 11.6. The molecule has 2 heterocycles. The zero-order chi connectivity index (χ0) is 22.9. The lowest BCUT2D eigenvalue weighted by molar-refractivity contribution is -0.0495. The average molecular weight is 498 g/mol. The Morgan fingerprint density at radius 1 is 1.16 bits per heavy atom. The fourth-order valence-electron chi connectivity index (χ4n) is 2.80. The highest BCUT2D eigenvalue weighted by molar-refractivity contribution is 9.10. The largest absolute Gasteiger partial charge is 0.432 e. The third kappa shape index (κ3) is 4.88. The van der Waals surface area contributed by atoms with Crippen LogP contribution in [0.15, 0.2) is 41.1 Å². The standard InChI is InChI=1S/C20H19BrF3N5O2/c1-20(2,30)18-26-8-10(9-27-18)13-6-5-12(25)17(28-13)29(3)16-14(31-19(23)24)7-4-11(21)15(16)22/h4-9,19,30H,25H2,1-3H3. The van der Waals surface area contributed by atoms with Gasteiger partial charge in [-0.1, -0.05) is 0 Å². The first-order valence-electron chi connectivity index (χ1n) is 8.97. The summed E-state index contributed by atoms with van der Waals surface area (Å²) < 4.78 is 45.0. The molecule has 0 aliphatic rings. The smallest absolute Gasteiger partial charge is 0.387 e. The van der Waals surface area contributed by atoms with E-state index in [1.54, 1.807) is 26.0 Å². The number of rotatable bonds is 6. The Bertz CT molecular complexity index is 1090. The summed E-state index contributed by atoms with van der Waals surface area (Å²) in [6.07, 6.45) is 2.96. The second kappa shape index (κ2) is 8.67. The van der Waals surface area contributed by atoms with E-state index < -0.39 is 18.0 Å². The van der Waals surface area contributed by atoms with Crippen LogP contribution in [0.2, 0.25) is 0 Å². The average Bonchev–Trinajstić information content (AvgIpc) is 2.70. The first-order valence-corrected chi connectivity index (χ1v) is 9.76. The van der Waals surface area contributed by atoms with Crippen LogP contribution >= 0.6 is 15.9 Å². The third-order valence-corrected chi connectivity index (χ3v) is 4.91. The molecule has 0 aliphatic carbocycles. The van der Waals surface area contributed by atoms with E-state index in [1.165, 1.54) is 36.5 Å². The second-order valence-electron chi connectivity index (χ2n) is 7.11. The molecule has 0 saturated heterocycles. The predicted molar refractivity (Wildman–Crippen MR) is 114 cm³/mol. The van der Waals surface area contributed by atoms with Gasteiger partial charge in [-0.15, -0.1) is 0 Å². The molecule has 0 saturated carbocycles. The summed E-state index contributed by atoms with van der Waals surface area (Å²) in [4.78, 5) is 13.9. The van der Waals surface area contributed by atoms with Gasteiger partial charge in [0.25, 0.3) is 0 Å². The van der Waals surface area contributed by atoms with E-state index in [4.69, 9.17) is 5.73 Å². The van der Waals surface area contributed by atoms with Crippen LogP contribution in [0, 0.1) is 5.82 Å². The van der Waals surface area contributed by atoms with Gasteiger partial charge in [0.05, 0.1) is 15.9 Å². The van der Waals surface area contributed by atoms with E-state index in [0.29, 0.717) is 11.3 Å². The molecule has 164 valence electrons. The number of nitrogen functional groups attached to an aromatic ring is 1. The number of aromatic nitrogens is 3. The molecule has 0 fully saturated rings. The predicted octanol–water partition coefficient (Wildman–Crippen LogP) is 4.62. The van der Waals surface area contributed by atoms with Crippen molar-refractivity contribution in [1.82, 2.24) is 15.0 Å². The van der Waals surface area contributed by atoms with Gasteiger partial charge in [0.2, 0.25) is 0 Å². The lowest BCUT2D eigenvalue weighted by Crippen LogP contribution is -2.19. The summed E-state index contributed by atoms with van der Waals surface area (Å²) in [5, 5.41) is 10.00. The number of hydrogen-bond donors (Lipinski definition) is 2. The molecule has 0 atom stereocenters. The van der Waals surface area contributed by atoms with Crippen molar-refractivity contribution in [3.63, 3.8) is 0 Å². The maximum atomic E-state index is 14.8. The minimum Gasteiger partial charge on any atom is -0.432 e. The fraction of sp³-hybridized carbons (Fsp3) is 0.250. The van der Waals surface area contributed by atoms with Gasteiger partial charge in [-0.3, -0.25) is 0 Å². The van der Waals surface area contributed by atoms with Crippen molar-refractivity contribution < 1.29 is 23.0 Å². The summed E-state index contributed by atoms with van der Waals surface area (Å²) >= 11 is 3.05. The fourth-order valence-corrected chi connectivity index (χ4v) is 3.12. The minimum absolute atomic E-state index is 0.0568. The highest BCUT2D eigenvalue weighted by Crippen LogP contribution is 2.40. The number of alkyl halides is 2. The van der Waals surface area contributed by atoms with Crippen LogP contribution in [-0.2, 0) is 5.60 Å². The van der Waals surface area contributed by atoms with Crippen LogP contribution < -0.4 is 15.4 Å². The number of nitrogens with two attached hydrogens (primary N) is 1. The van der Waals surface area contributed by atoms with Gasteiger partial charge in [-0.25, -0.2) is 19.3 Å². The van der Waals surface area contributed by atoms with Crippen molar-refractivity contribution in [3.05, 3.63) is 52.8 Å². The summed E-state index contributed by atoms with van der Waals surface area (Å²) in [5.74, 6) is -0.845. The molecule has 11 heteroatoms. The molecule has 1 aromatic carbocycles. The Hall–Kier alpha value is -2.92. The topological polar surface area (TPSA) is 97.4 Å². The van der Waals surface area contributed by atoms with Crippen molar-refractivity contribution in [2.75, 3.05) is 17.7 Å². The molecule has 0 aliphatic heterocycles. The van der Waals surface area contributed by atoms with Crippen LogP contribution in [0.3, 0.4) is 0 Å². The molecule has 31 heavy (non-hydrogen) atoms. The molecular weight excluding hydrogens is 479 g/mol. The van der Waals surface area contributed by atoms with Crippen molar-refractivity contribution in [1.29, 1.82) is 0 Å². The van der Waals surface area contributed by atoms with Crippen molar-refractivity contribution >= 4 is 33.1 Å². The van der Waals surface area contributed by atoms with Crippen LogP contribution in [0.4, 0.5) is 30.4 Å². The number of benzene rings is 1. The Morgan fingerprint density at radius 3 is 2.39 bits per heavy atom. The Kier molecular flexibility index (Phi) is 6.37. The lowest BCUT2D eigenvalue weighted by atomic mass is 10.1. The van der Waals surface area contributed by atoms with E-state index in [0.717, 1.165) is 0 Å². The highest BCUT2D eigenvalue weighted by atomic mass is 79.9. The Morgan fingerprint density at radius 2 is 1.81 bits per heavy atom. The van der Waals surface area contributed by atoms with E-state index in [-0.39, 0.29) is 33.2 Å². The second-order valence-corrected chi connectivity index (χ2v) is 7.96. The molecular formula is C20H19BrF3N5O2. The van der Waals surface area contributed by atoms with Gasteiger partial charge in [0.15, 0.2) is 23.2 Å². The van der Waals surface area contributed by atoms with E-state index in [2.05, 4.69) is 35.6 Å². The summed E-state index contributed by atoms with van der Waals surface area (Å²) in [5.41, 5.74) is 5.67. The zero-order valence-electron chi connectivity index (χ0n) is 16.8. The van der Waals surface area contributed by atoms with E-state index in [9.17, 15) is 18.3 Å².